The van der Waals surface area contributed by atoms with E-state index in [4.69, 9.17) is 11.6 Å². The predicted molar refractivity (Wildman–Crippen MR) is 79.3 cm³/mol. The second kappa shape index (κ2) is 7.20. The zero-order chi connectivity index (χ0) is 15.2. The van der Waals surface area contributed by atoms with E-state index in [2.05, 4.69) is 5.32 Å². The number of hydrogen-bond donors (Lipinski definition) is 2. The van der Waals surface area contributed by atoms with Gasteiger partial charge in [-0.15, -0.1) is 0 Å². The molecule has 0 radical (unpaired) electrons. The van der Waals surface area contributed by atoms with E-state index in [9.17, 15) is 14.3 Å². The van der Waals surface area contributed by atoms with Gasteiger partial charge in [0, 0.05) is 6.54 Å². The molecule has 5 heteroatoms. The van der Waals surface area contributed by atoms with E-state index < -0.39 is 11.9 Å². The number of aliphatic hydroxyl groups excluding tert-OH is 1. The van der Waals surface area contributed by atoms with Crippen LogP contribution in [0.3, 0.4) is 0 Å². The Kier molecular flexibility index (Phi) is 5.31. The van der Waals surface area contributed by atoms with E-state index >= 15 is 0 Å². The molecule has 0 aliphatic carbocycles. The van der Waals surface area contributed by atoms with Gasteiger partial charge in [0.2, 0.25) is 5.91 Å². The first-order chi connectivity index (χ1) is 10.1. The lowest BCUT2D eigenvalue weighted by molar-refractivity contribution is -0.123. The molecule has 2 aromatic carbocycles. The van der Waals surface area contributed by atoms with Gasteiger partial charge < -0.3 is 10.4 Å². The van der Waals surface area contributed by atoms with Crippen LogP contribution in [0.1, 0.15) is 23.7 Å². The Morgan fingerprint density at radius 3 is 2.62 bits per heavy atom. The second-order valence-electron chi connectivity index (χ2n) is 4.66. The summed E-state index contributed by atoms with van der Waals surface area (Å²) in [7, 11) is 0. The highest BCUT2D eigenvalue weighted by atomic mass is 35.5. The van der Waals surface area contributed by atoms with E-state index in [1.165, 1.54) is 12.1 Å². The molecule has 0 aromatic heterocycles. The van der Waals surface area contributed by atoms with Crippen molar-refractivity contribution in [2.24, 2.45) is 0 Å². The van der Waals surface area contributed by atoms with E-state index in [0.29, 0.717) is 11.1 Å². The fourth-order valence-corrected chi connectivity index (χ4v) is 2.09. The number of carbonyl (C=O) groups excluding carboxylic acids is 1. The molecule has 0 bridgehead atoms. The smallest absolute Gasteiger partial charge is 0.223 e. The topological polar surface area (TPSA) is 49.3 Å². The quantitative estimate of drug-likeness (QED) is 0.891. The van der Waals surface area contributed by atoms with Crippen LogP contribution in [-0.2, 0) is 11.3 Å². The van der Waals surface area contributed by atoms with Crippen molar-refractivity contribution in [3.05, 3.63) is 70.5 Å². The van der Waals surface area contributed by atoms with Crippen molar-refractivity contribution in [2.75, 3.05) is 0 Å². The number of rotatable bonds is 5. The third-order valence-corrected chi connectivity index (χ3v) is 3.33. The van der Waals surface area contributed by atoms with Crippen LogP contribution in [0.2, 0.25) is 5.02 Å². The van der Waals surface area contributed by atoms with Crippen LogP contribution >= 0.6 is 11.6 Å². The first-order valence-electron chi connectivity index (χ1n) is 6.50. The van der Waals surface area contributed by atoms with Gasteiger partial charge in [0.05, 0.1) is 17.5 Å². The fraction of sp³-hybridized carbons (Fsp3) is 0.188. The largest absolute Gasteiger partial charge is 0.388 e. The number of amides is 1. The van der Waals surface area contributed by atoms with Gasteiger partial charge in [-0.25, -0.2) is 4.39 Å². The van der Waals surface area contributed by atoms with Gasteiger partial charge in [-0.3, -0.25) is 4.79 Å². The van der Waals surface area contributed by atoms with Crippen molar-refractivity contribution in [1.29, 1.82) is 0 Å². The molecule has 0 spiro atoms. The molecule has 0 fully saturated rings. The normalized spacial score (nSPS) is 12.0. The summed E-state index contributed by atoms with van der Waals surface area (Å²) in [6, 6.07) is 13.2. The summed E-state index contributed by atoms with van der Waals surface area (Å²) >= 11 is 5.67. The summed E-state index contributed by atoms with van der Waals surface area (Å²) < 4.78 is 13.0. The van der Waals surface area contributed by atoms with Gasteiger partial charge in [0.1, 0.15) is 5.82 Å². The van der Waals surface area contributed by atoms with Crippen LogP contribution in [0.25, 0.3) is 0 Å². The third kappa shape index (κ3) is 4.55. The number of carbonyl (C=O) groups is 1. The highest BCUT2D eigenvalue weighted by Crippen LogP contribution is 2.17. The van der Waals surface area contributed by atoms with Crippen LogP contribution < -0.4 is 5.32 Å². The third-order valence-electron chi connectivity index (χ3n) is 3.04. The molecule has 2 aromatic rings. The molecule has 2 N–H and O–H groups in total. The molecule has 110 valence electrons. The molecular formula is C16H15ClFNO2. The Labute approximate surface area is 127 Å². The molecule has 21 heavy (non-hydrogen) atoms. The molecule has 0 heterocycles. The summed E-state index contributed by atoms with van der Waals surface area (Å²) in [5.74, 6) is -0.780. The Morgan fingerprint density at radius 2 is 1.95 bits per heavy atom. The standard InChI is InChI=1S/C16H15ClFNO2/c17-13-8-11(6-7-14(13)18)10-19-16(21)9-15(20)12-4-2-1-3-5-12/h1-8,15,20H,9-10H2,(H,19,21). The van der Waals surface area contributed by atoms with Crippen molar-refractivity contribution in [1.82, 2.24) is 5.32 Å². The van der Waals surface area contributed by atoms with Gasteiger partial charge in [-0.05, 0) is 23.3 Å². The van der Waals surface area contributed by atoms with Gasteiger partial charge in [-0.1, -0.05) is 48.0 Å². The summed E-state index contributed by atoms with van der Waals surface area (Å²) in [5, 5.41) is 12.6. The Hall–Kier alpha value is -1.91. The van der Waals surface area contributed by atoms with Crippen molar-refractivity contribution in [3.63, 3.8) is 0 Å². The predicted octanol–water partition coefficient (Wildman–Crippen LogP) is 3.22. The zero-order valence-corrected chi connectivity index (χ0v) is 12.0. The minimum atomic E-state index is -0.844. The first kappa shape index (κ1) is 15.5. The van der Waals surface area contributed by atoms with Gasteiger partial charge in [0.15, 0.2) is 0 Å². The molecule has 3 nitrogen and oxygen atoms in total. The average molecular weight is 308 g/mol. The molecule has 2 rings (SSSR count). The van der Waals surface area contributed by atoms with Gasteiger partial charge in [0.25, 0.3) is 0 Å². The highest BCUT2D eigenvalue weighted by Gasteiger charge is 2.12. The highest BCUT2D eigenvalue weighted by molar-refractivity contribution is 6.30. The van der Waals surface area contributed by atoms with Crippen molar-refractivity contribution >= 4 is 17.5 Å². The molecule has 0 aliphatic rings. The van der Waals surface area contributed by atoms with Crippen molar-refractivity contribution in [3.8, 4) is 0 Å². The fourth-order valence-electron chi connectivity index (χ4n) is 1.89. The van der Waals surface area contributed by atoms with E-state index in [1.807, 2.05) is 6.07 Å². The maximum atomic E-state index is 13.0. The van der Waals surface area contributed by atoms with Gasteiger partial charge in [-0.2, -0.15) is 0 Å². The van der Waals surface area contributed by atoms with Gasteiger partial charge >= 0.3 is 0 Å². The molecule has 0 saturated carbocycles. The number of nitrogens with one attached hydrogen (secondary N) is 1. The Morgan fingerprint density at radius 1 is 1.24 bits per heavy atom. The molecule has 0 aliphatic heterocycles. The van der Waals surface area contributed by atoms with Crippen LogP contribution in [0, 0.1) is 5.82 Å². The van der Waals surface area contributed by atoms with Crippen LogP contribution in [0.5, 0.6) is 0 Å². The summed E-state index contributed by atoms with van der Waals surface area (Å²) in [5.41, 5.74) is 1.39. The van der Waals surface area contributed by atoms with Crippen molar-refractivity contribution in [2.45, 2.75) is 19.1 Å². The SMILES string of the molecule is O=C(CC(O)c1ccccc1)NCc1ccc(F)c(Cl)c1. The van der Waals surface area contributed by atoms with Crippen LogP contribution in [0.4, 0.5) is 4.39 Å². The Bertz CT molecular complexity index is 619. The summed E-state index contributed by atoms with van der Waals surface area (Å²) in [6.45, 7) is 0.236. The van der Waals surface area contributed by atoms with E-state index in [-0.39, 0.29) is 23.9 Å². The monoisotopic (exact) mass is 307 g/mol. The summed E-state index contributed by atoms with van der Waals surface area (Å²) in [6.07, 6.45) is -0.873. The second-order valence-corrected chi connectivity index (χ2v) is 5.06. The number of halogens is 2. The maximum Gasteiger partial charge on any atom is 0.223 e. The Balaban J connectivity index is 1.86. The molecule has 1 atom stereocenters. The lowest BCUT2D eigenvalue weighted by Gasteiger charge is -2.11. The summed E-state index contributed by atoms with van der Waals surface area (Å²) in [4.78, 5) is 11.8. The number of benzene rings is 2. The van der Waals surface area contributed by atoms with E-state index in [1.54, 1.807) is 30.3 Å². The molecule has 0 saturated heterocycles. The lowest BCUT2D eigenvalue weighted by atomic mass is 10.1. The van der Waals surface area contributed by atoms with Crippen LogP contribution in [0.15, 0.2) is 48.5 Å². The molecular weight excluding hydrogens is 293 g/mol. The van der Waals surface area contributed by atoms with Crippen molar-refractivity contribution < 1.29 is 14.3 Å². The molecule has 1 unspecified atom stereocenters. The van der Waals surface area contributed by atoms with E-state index in [0.717, 1.165) is 0 Å². The average Bonchev–Trinajstić information content (AvgIpc) is 2.49. The maximum absolute atomic E-state index is 13.0. The number of hydrogen-bond acceptors (Lipinski definition) is 2. The first-order valence-corrected chi connectivity index (χ1v) is 6.87. The number of aliphatic hydroxyl groups is 1. The van der Waals surface area contributed by atoms with Crippen LogP contribution in [-0.4, -0.2) is 11.0 Å². The minimum absolute atomic E-state index is 0.0195. The molecule has 1 amide bonds. The lowest BCUT2D eigenvalue weighted by Crippen LogP contribution is -2.24. The minimum Gasteiger partial charge on any atom is -0.388 e. The zero-order valence-electron chi connectivity index (χ0n) is 11.2.